The fourth-order valence-corrected chi connectivity index (χ4v) is 4.99. The van der Waals surface area contributed by atoms with Gasteiger partial charge in [0.1, 0.15) is 0 Å². The number of halogens is 2. The van der Waals surface area contributed by atoms with Crippen LogP contribution in [0.1, 0.15) is 5.56 Å². The highest BCUT2D eigenvalue weighted by Gasteiger charge is 2.25. The largest absolute Gasteiger partial charge is 0.255 e. The first-order valence-electron chi connectivity index (χ1n) is 8.49. The lowest BCUT2D eigenvalue weighted by atomic mass is 10.0. The predicted octanol–water partition coefficient (Wildman–Crippen LogP) is 5.91. The Morgan fingerprint density at radius 3 is 2.41 bits per heavy atom. The van der Waals surface area contributed by atoms with E-state index in [1.165, 1.54) is 18.3 Å². The molecule has 0 N–H and O–H groups in total. The Kier molecular flexibility index (Phi) is 5.01. The van der Waals surface area contributed by atoms with Crippen molar-refractivity contribution in [3.05, 3.63) is 88.5 Å². The van der Waals surface area contributed by atoms with Crippen molar-refractivity contribution in [1.29, 1.82) is 5.26 Å². The Hall–Kier alpha value is -2.91. The van der Waals surface area contributed by atoms with Crippen LogP contribution in [0, 0.1) is 11.3 Å². The lowest BCUT2D eigenvalue weighted by Gasteiger charge is -2.14. The van der Waals surface area contributed by atoms with Gasteiger partial charge in [0.05, 0.1) is 26.9 Å². The van der Waals surface area contributed by atoms with Gasteiger partial charge in [0.15, 0.2) is 0 Å². The van der Waals surface area contributed by atoms with Crippen LogP contribution in [0.3, 0.4) is 0 Å². The highest BCUT2D eigenvalue weighted by molar-refractivity contribution is 7.91. The molecule has 29 heavy (non-hydrogen) atoms. The van der Waals surface area contributed by atoms with E-state index in [-0.39, 0.29) is 15.4 Å². The molecule has 0 saturated carbocycles. The molecule has 0 aliphatic carbocycles. The van der Waals surface area contributed by atoms with Crippen LogP contribution in [0.5, 0.6) is 0 Å². The highest BCUT2D eigenvalue weighted by atomic mass is 35.5. The van der Waals surface area contributed by atoms with Crippen molar-refractivity contribution in [2.75, 3.05) is 0 Å². The summed E-state index contributed by atoms with van der Waals surface area (Å²) in [4.78, 5) is 4.38. The minimum atomic E-state index is -3.95. The van der Waals surface area contributed by atoms with Gasteiger partial charge in [-0.05, 0) is 48.0 Å². The topological polar surface area (TPSA) is 70.8 Å². The summed E-state index contributed by atoms with van der Waals surface area (Å²) in [5, 5.41) is 10.8. The zero-order valence-electron chi connectivity index (χ0n) is 14.8. The molecule has 142 valence electrons. The Morgan fingerprint density at radius 1 is 0.897 bits per heavy atom. The third-order valence-electron chi connectivity index (χ3n) is 4.47. The predicted molar refractivity (Wildman–Crippen MR) is 114 cm³/mol. The molecule has 0 radical (unpaired) electrons. The highest BCUT2D eigenvalue weighted by Crippen LogP contribution is 2.38. The van der Waals surface area contributed by atoms with Crippen molar-refractivity contribution in [3.63, 3.8) is 0 Å². The van der Waals surface area contributed by atoms with Crippen molar-refractivity contribution in [3.8, 4) is 17.2 Å². The van der Waals surface area contributed by atoms with Crippen LogP contribution in [0.15, 0.2) is 82.7 Å². The van der Waals surface area contributed by atoms with E-state index in [1.54, 1.807) is 54.6 Å². The molecule has 0 bridgehead atoms. The van der Waals surface area contributed by atoms with E-state index in [1.807, 2.05) is 6.07 Å². The first kappa shape index (κ1) is 19.4. The second kappa shape index (κ2) is 7.49. The molecule has 1 heterocycles. The third-order valence-corrected chi connectivity index (χ3v) is 6.71. The number of pyridine rings is 1. The van der Waals surface area contributed by atoms with Crippen LogP contribution >= 0.6 is 23.2 Å². The Labute approximate surface area is 177 Å². The molecule has 0 aliphatic rings. The van der Waals surface area contributed by atoms with Gasteiger partial charge < -0.3 is 0 Å². The van der Waals surface area contributed by atoms with E-state index in [0.717, 1.165) is 0 Å². The lowest BCUT2D eigenvalue weighted by Crippen LogP contribution is -2.06. The molecule has 4 rings (SSSR count). The van der Waals surface area contributed by atoms with Crippen LogP contribution in [0.4, 0.5) is 0 Å². The summed E-state index contributed by atoms with van der Waals surface area (Å²) in [6.07, 6.45) is 1.32. The summed E-state index contributed by atoms with van der Waals surface area (Å²) in [5.41, 5.74) is 1.95. The van der Waals surface area contributed by atoms with E-state index >= 15 is 0 Å². The molecular weight excluding hydrogens is 427 g/mol. The molecule has 0 saturated heterocycles. The van der Waals surface area contributed by atoms with Crippen molar-refractivity contribution in [1.82, 2.24) is 4.98 Å². The molecule has 0 aliphatic heterocycles. The van der Waals surface area contributed by atoms with Crippen LogP contribution in [-0.2, 0) is 9.84 Å². The standard InChI is InChI=1S/C22H12Cl2N2O2S/c23-16-5-2-4-15(10-16)22-19-8-7-17(24)11-20(19)26-13-21(22)29(27,28)18-6-1-3-14(9-18)12-25/h1-11,13H. The quantitative estimate of drug-likeness (QED) is 0.398. The Bertz CT molecular complexity index is 1410. The molecule has 0 amide bonds. The molecule has 0 spiro atoms. The van der Waals surface area contributed by atoms with E-state index < -0.39 is 9.84 Å². The van der Waals surface area contributed by atoms with E-state index in [2.05, 4.69) is 4.98 Å². The number of nitriles is 1. The Balaban J connectivity index is 2.08. The fourth-order valence-electron chi connectivity index (χ4n) is 3.15. The van der Waals surface area contributed by atoms with E-state index in [4.69, 9.17) is 28.5 Å². The number of hydrogen-bond acceptors (Lipinski definition) is 4. The van der Waals surface area contributed by atoms with Crippen molar-refractivity contribution >= 4 is 43.9 Å². The molecule has 3 aromatic carbocycles. The van der Waals surface area contributed by atoms with Gasteiger partial charge in [0, 0.05) is 27.2 Å². The molecule has 0 atom stereocenters. The minimum Gasteiger partial charge on any atom is -0.255 e. The summed E-state index contributed by atoms with van der Waals surface area (Å²) in [5.74, 6) is 0. The molecule has 4 aromatic rings. The van der Waals surface area contributed by atoms with Crippen LogP contribution in [0.25, 0.3) is 22.0 Å². The second-order valence-corrected chi connectivity index (χ2v) is 9.10. The number of sulfone groups is 1. The third kappa shape index (κ3) is 3.58. The molecule has 0 fully saturated rings. The molecular formula is C22H12Cl2N2O2S. The maximum Gasteiger partial charge on any atom is 0.208 e. The summed E-state index contributed by atoms with van der Waals surface area (Å²) in [6, 6.07) is 20.0. The SMILES string of the molecule is N#Cc1cccc(S(=O)(=O)c2cnc3cc(Cl)ccc3c2-c2cccc(Cl)c2)c1. The minimum absolute atomic E-state index is 0.0231. The number of fused-ring (bicyclic) bond motifs is 1. The van der Waals surface area contributed by atoms with E-state index in [0.29, 0.717) is 32.1 Å². The number of benzene rings is 3. The maximum atomic E-state index is 13.5. The molecule has 0 unspecified atom stereocenters. The normalized spacial score (nSPS) is 11.3. The summed E-state index contributed by atoms with van der Waals surface area (Å²) < 4.78 is 27.0. The zero-order chi connectivity index (χ0) is 20.6. The van der Waals surface area contributed by atoms with Gasteiger partial charge in [-0.2, -0.15) is 5.26 Å². The first-order valence-corrected chi connectivity index (χ1v) is 10.7. The number of rotatable bonds is 3. The van der Waals surface area contributed by atoms with Crippen LogP contribution in [0.2, 0.25) is 10.0 Å². The van der Waals surface area contributed by atoms with Gasteiger partial charge in [-0.1, -0.05) is 47.5 Å². The summed E-state index contributed by atoms with van der Waals surface area (Å²) in [6.45, 7) is 0. The Morgan fingerprint density at radius 2 is 1.66 bits per heavy atom. The van der Waals surface area contributed by atoms with Crippen molar-refractivity contribution in [2.24, 2.45) is 0 Å². The van der Waals surface area contributed by atoms with Gasteiger partial charge in [0.2, 0.25) is 9.84 Å². The van der Waals surface area contributed by atoms with Gasteiger partial charge in [-0.25, -0.2) is 8.42 Å². The fraction of sp³-hybridized carbons (Fsp3) is 0. The zero-order valence-corrected chi connectivity index (χ0v) is 17.1. The van der Waals surface area contributed by atoms with Gasteiger partial charge in [-0.3, -0.25) is 4.98 Å². The number of hydrogen-bond donors (Lipinski definition) is 0. The summed E-state index contributed by atoms with van der Waals surface area (Å²) in [7, 11) is -3.95. The van der Waals surface area contributed by atoms with E-state index in [9.17, 15) is 8.42 Å². The molecule has 7 heteroatoms. The van der Waals surface area contributed by atoms with Crippen molar-refractivity contribution < 1.29 is 8.42 Å². The number of aromatic nitrogens is 1. The smallest absolute Gasteiger partial charge is 0.208 e. The van der Waals surface area contributed by atoms with Crippen LogP contribution < -0.4 is 0 Å². The van der Waals surface area contributed by atoms with Gasteiger partial charge in [0.25, 0.3) is 0 Å². The lowest BCUT2D eigenvalue weighted by molar-refractivity contribution is 0.596. The van der Waals surface area contributed by atoms with Gasteiger partial charge in [-0.15, -0.1) is 0 Å². The van der Waals surface area contributed by atoms with Gasteiger partial charge >= 0.3 is 0 Å². The second-order valence-electron chi connectivity index (χ2n) is 6.31. The monoisotopic (exact) mass is 438 g/mol. The average Bonchev–Trinajstić information content (AvgIpc) is 2.72. The summed E-state index contributed by atoms with van der Waals surface area (Å²) >= 11 is 12.3. The first-order chi connectivity index (χ1) is 13.9. The average molecular weight is 439 g/mol. The molecule has 1 aromatic heterocycles. The van der Waals surface area contributed by atoms with Crippen molar-refractivity contribution in [2.45, 2.75) is 9.79 Å². The number of nitrogens with zero attached hydrogens (tertiary/aromatic N) is 2. The van der Waals surface area contributed by atoms with Crippen LogP contribution in [-0.4, -0.2) is 13.4 Å². The molecule has 4 nitrogen and oxygen atoms in total. The maximum absolute atomic E-state index is 13.5.